The molecule has 13 heteroatoms. The van der Waals surface area contributed by atoms with Gasteiger partial charge in [0.05, 0.1) is 24.1 Å². The van der Waals surface area contributed by atoms with Crippen LogP contribution in [0.5, 0.6) is 23.0 Å². The zero-order valence-electron chi connectivity index (χ0n) is 22.9. The van der Waals surface area contributed by atoms with Crippen LogP contribution in [0.2, 0.25) is 0 Å². The molecule has 0 bridgehead atoms. The molecule has 0 aliphatic heterocycles. The molecule has 4 rings (SSSR count). The Bertz CT molecular complexity index is 1660. The number of carbonyl (C=O) groups is 2. The summed E-state index contributed by atoms with van der Waals surface area (Å²) in [6, 6.07) is 15.6. The van der Waals surface area contributed by atoms with Crippen molar-refractivity contribution in [1.29, 1.82) is 0 Å². The van der Waals surface area contributed by atoms with Crippen LogP contribution in [0.3, 0.4) is 0 Å². The number of primary amides is 1. The van der Waals surface area contributed by atoms with Crippen LogP contribution < -0.4 is 24.8 Å². The molecule has 0 aliphatic carbocycles. The quantitative estimate of drug-likeness (QED) is 0.204. The van der Waals surface area contributed by atoms with Gasteiger partial charge in [0.2, 0.25) is 0 Å². The van der Waals surface area contributed by atoms with Crippen molar-refractivity contribution < 1.29 is 45.8 Å². The van der Waals surface area contributed by atoms with E-state index in [0.717, 1.165) is 47.5 Å². The molecule has 3 aromatic carbocycles. The number of alkyl halides is 4. The van der Waals surface area contributed by atoms with Gasteiger partial charge in [0.1, 0.15) is 28.5 Å². The van der Waals surface area contributed by atoms with Gasteiger partial charge < -0.3 is 19.9 Å². The molecule has 2 N–H and O–H groups in total. The van der Waals surface area contributed by atoms with E-state index in [1.165, 1.54) is 27.0 Å². The van der Waals surface area contributed by atoms with Gasteiger partial charge in [-0.2, -0.15) is 0 Å². The summed E-state index contributed by atoms with van der Waals surface area (Å²) < 4.78 is 82.5. The lowest BCUT2D eigenvalue weighted by molar-refractivity contribution is -0.274. The number of anilines is 2. The highest BCUT2D eigenvalue weighted by Crippen LogP contribution is 2.40. The van der Waals surface area contributed by atoms with E-state index in [1.807, 2.05) is 0 Å². The second kappa shape index (κ2) is 12.0. The number of amides is 2. The second-order valence-electron chi connectivity index (χ2n) is 9.51. The SMILES string of the molecule is COc1cc(OC(F)(F)F)ccc1Oc1cc(C(C)(C)F)ncc1C(=O)N(c1ccccc1)c1ccc(F)c(C(N)=O)c1. The predicted molar refractivity (Wildman–Crippen MR) is 146 cm³/mol. The average Bonchev–Trinajstić information content (AvgIpc) is 2.94. The number of rotatable bonds is 9. The third-order valence-electron chi connectivity index (χ3n) is 5.99. The number of pyridine rings is 1. The largest absolute Gasteiger partial charge is 0.573 e. The lowest BCUT2D eigenvalue weighted by Crippen LogP contribution is -2.27. The summed E-state index contributed by atoms with van der Waals surface area (Å²) >= 11 is 0. The van der Waals surface area contributed by atoms with Gasteiger partial charge in [0, 0.05) is 24.0 Å². The van der Waals surface area contributed by atoms with Crippen LogP contribution in [0.4, 0.5) is 33.3 Å². The van der Waals surface area contributed by atoms with Crippen molar-refractivity contribution in [2.75, 3.05) is 12.0 Å². The summed E-state index contributed by atoms with van der Waals surface area (Å²) in [4.78, 5) is 31.2. The Morgan fingerprint density at radius 3 is 2.14 bits per heavy atom. The van der Waals surface area contributed by atoms with E-state index >= 15 is 0 Å². The van der Waals surface area contributed by atoms with Crippen molar-refractivity contribution in [2.24, 2.45) is 5.73 Å². The number of halogens is 5. The van der Waals surface area contributed by atoms with Gasteiger partial charge in [-0.3, -0.25) is 19.5 Å². The van der Waals surface area contributed by atoms with Gasteiger partial charge in [0.25, 0.3) is 11.8 Å². The fourth-order valence-corrected chi connectivity index (χ4v) is 3.98. The Hall–Kier alpha value is -5.20. The second-order valence-corrected chi connectivity index (χ2v) is 9.51. The number of aromatic nitrogens is 1. The van der Waals surface area contributed by atoms with E-state index in [0.29, 0.717) is 5.69 Å². The number of hydrogen-bond donors (Lipinski definition) is 1. The minimum atomic E-state index is -4.96. The highest BCUT2D eigenvalue weighted by Gasteiger charge is 2.32. The summed E-state index contributed by atoms with van der Waals surface area (Å²) in [5.74, 6) is -3.92. The standard InChI is InChI=1S/C30H24F5N3O5/c1-29(2,32)26-15-24(42-23-12-10-19(14-25(23)41-3)43-30(33,34)35)21(16-37-26)28(40)38(17-7-5-4-6-8-17)18-9-11-22(31)20(13-18)27(36)39/h4-16H,1-3H3,(H2,36,39). The van der Waals surface area contributed by atoms with Gasteiger partial charge in [-0.25, -0.2) is 8.78 Å². The number of methoxy groups -OCH3 is 1. The molecule has 0 saturated heterocycles. The predicted octanol–water partition coefficient (Wildman–Crippen LogP) is 7.20. The summed E-state index contributed by atoms with van der Waals surface area (Å²) in [5.41, 5.74) is 2.86. The third-order valence-corrected chi connectivity index (χ3v) is 5.99. The third kappa shape index (κ3) is 7.18. The molecule has 0 spiro atoms. The van der Waals surface area contributed by atoms with Gasteiger partial charge in [-0.1, -0.05) is 18.2 Å². The van der Waals surface area contributed by atoms with Crippen molar-refractivity contribution in [1.82, 2.24) is 4.98 Å². The minimum absolute atomic E-state index is 0.0541. The molecule has 2 amide bonds. The molecule has 1 heterocycles. The van der Waals surface area contributed by atoms with Crippen LogP contribution in [0.25, 0.3) is 0 Å². The van der Waals surface area contributed by atoms with E-state index in [2.05, 4.69) is 9.72 Å². The van der Waals surface area contributed by atoms with Crippen LogP contribution >= 0.6 is 0 Å². The van der Waals surface area contributed by atoms with Gasteiger partial charge in [-0.05, 0) is 56.3 Å². The Morgan fingerprint density at radius 2 is 1.53 bits per heavy atom. The lowest BCUT2D eigenvalue weighted by atomic mass is 10.0. The van der Waals surface area contributed by atoms with Crippen LogP contribution in [0.1, 0.15) is 40.3 Å². The van der Waals surface area contributed by atoms with Crippen LogP contribution in [-0.4, -0.2) is 30.3 Å². The smallest absolute Gasteiger partial charge is 0.493 e. The first kappa shape index (κ1) is 30.8. The monoisotopic (exact) mass is 601 g/mol. The summed E-state index contributed by atoms with van der Waals surface area (Å²) in [6.45, 7) is 2.45. The Balaban J connectivity index is 1.86. The maximum absolute atomic E-state index is 14.9. The zero-order chi connectivity index (χ0) is 31.5. The molecular weight excluding hydrogens is 577 g/mol. The first-order chi connectivity index (χ1) is 20.2. The highest BCUT2D eigenvalue weighted by atomic mass is 19.4. The van der Waals surface area contributed by atoms with E-state index in [1.54, 1.807) is 30.3 Å². The molecular formula is C30H24F5N3O5. The Kier molecular flexibility index (Phi) is 8.55. The average molecular weight is 602 g/mol. The molecule has 0 radical (unpaired) electrons. The normalized spacial score (nSPS) is 11.5. The summed E-state index contributed by atoms with van der Waals surface area (Å²) in [5, 5.41) is 0. The van der Waals surface area contributed by atoms with E-state index in [9.17, 15) is 31.5 Å². The van der Waals surface area contributed by atoms with Gasteiger partial charge in [-0.15, -0.1) is 13.2 Å². The molecule has 0 unspecified atom stereocenters. The summed E-state index contributed by atoms with van der Waals surface area (Å²) in [7, 11) is 1.18. The Morgan fingerprint density at radius 1 is 0.837 bits per heavy atom. The fraction of sp³-hybridized carbons (Fsp3) is 0.167. The van der Waals surface area contributed by atoms with E-state index in [4.69, 9.17) is 15.2 Å². The van der Waals surface area contributed by atoms with Gasteiger partial charge >= 0.3 is 6.36 Å². The first-order valence-corrected chi connectivity index (χ1v) is 12.5. The minimum Gasteiger partial charge on any atom is -0.493 e. The number of nitrogens with two attached hydrogens (primary N) is 1. The van der Waals surface area contributed by atoms with Crippen LogP contribution in [0.15, 0.2) is 79.0 Å². The maximum atomic E-state index is 14.9. The molecule has 0 aliphatic rings. The number of nitrogens with zero attached hydrogens (tertiary/aromatic N) is 2. The number of ether oxygens (including phenoxy) is 3. The van der Waals surface area contributed by atoms with Crippen molar-refractivity contribution in [3.63, 3.8) is 0 Å². The molecule has 1 aromatic heterocycles. The molecule has 8 nitrogen and oxygen atoms in total. The highest BCUT2D eigenvalue weighted by molar-refractivity contribution is 6.12. The molecule has 43 heavy (non-hydrogen) atoms. The molecule has 0 saturated carbocycles. The lowest BCUT2D eigenvalue weighted by Gasteiger charge is -2.25. The summed E-state index contributed by atoms with van der Waals surface area (Å²) in [6.07, 6.45) is -3.90. The van der Waals surface area contributed by atoms with E-state index < -0.39 is 41.0 Å². The van der Waals surface area contributed by atoms with Crippen LogP contribution in [-0.2, 0) is 5.67 Å². The van der Waals surface area contributed by atoms with Crippen molar-refractivity contribution in [3.05, 3.63) is 102 Å². The maximum Gasteiger partial charge on any atom is 0.573 e. The van der Waals surface area contributed by atoms with Crippen molar-refractivity contribution in [3.8, 4) is 23.0 Å². The van der Waals surface area contributed by atoms with Gasteiger partial charge in [0.15, 0.2) is 11.5 Å². The number of carbonyl (C=O) groups excluding carboxylic acids is 2. The zero-order valence-corrected chi connectivity index (χ0v) is 22.9. The van der Waals surface area contributed by atoms with E-state index in [-0.39, 0.29) is 34.2 Å². The molecule has 0 atom stereocenters. The number of hydrogen-bond acceptors (Lipinski definition) is 6. The fourth-order valence-electron chi connectivity index (χ4n) is 3.98. The topological polar surface area (TPSA) is 104 Å². The van der Waals surface area contributed by atoms with Crippen molar-refractivity contribution >= 4 is 23.2 Å². The Labute approximate surface area is 242 Å². The first-order valence-electron chi connectivity index (χ1n) is 12.5. The molecule has 0 fully saturated rings. The molecule has 224 valence electrons. The van der Waals surface area contributed by atoms with Crippen molar-refractivity contribution in [2.45, 2.75) is 25.9 Å². The molecule has 4 aromatic rings. The number of para-hydroxylation sites is 1. The van der Waals surface area contributed by atoms with Crippen LogP contribution in [0, 0.1) is 5.82 Å². The number of benzene rings is 3.